The van der Waals surface area contributed by atoms with E-state index in [2.05, 4.69) is 10.6 Å². The predicted molar refractivity (Wildman–Crippen MR) is 95.0 cm³/mol. The summed E-state index contributed by atoms with van der Waals surface area (Å²) in [5.74, 6) is -1.02. The van der Waals surface area contributed by atoms with Crippen molar-refractivity contribution in [2.75, 3.05) is 25.0 Å². The Kier molecular flexibility index (Phi) is 8.26. The number of hydrogen-bond donors (Lipinski definition) is 2. The van der Waals surface area contributed by atoms with Crippen LogP contribution in [0.15, 0.2) is 24.3 Å². The monoisotopic (exact) mass is 353 g/mol. The molecule has 0 bridgehead atoms. The van der Waals surface area contributed by atoms with Gasteiger partial charge in [-0.2, -0.15) is 0 Å². The highest BCUT2D eigenvalue weighted by atomic mass is 35.5. The minimum atomic E-state index is -0.686. The molecular weight excluding hydrogens is 330 g/mol. The van der Waals surface area contributed by atoms with Crippen molar-refractivity contribution in [2.24, 2.45) is 0 Å². The fraction of sp³-hybridized carbons (Fsp3) is 0.471. The Balaban J connectivity index is 2.44. The Labute approximate surface area is 147 Å². The number of aryl methyl sites for hydroxylation is 1. The molecule has 7 heteroatoms. The molecule has 0 fully saturated rings. The average molecular weight is 354 g/mol. The fourth-order valence-electron chi connectivity index (χ4n) is 2.04. The molecule has 1 rings (SSSR count). The lowest BCUT2D eigenvalue weighted by Gasteiger charge is -2.22. The number of halogens is 1. The van der Waals surface area contributed by atoms with E-state index in [0.717, 1.165) is 12.0 Å². The zero-order chi connectivity index (χ0) is 18.1. The molecule has 1 unspecified atom stereocenters. The summed E-state index contributed by atoms with van der Waals surface area (Å²) in [5, 5.41) is 4.51. The third kappa shape index (κ3) is 7.00. The Morgan fingerprint density at radius 3 is 2.33 bits per heavy atom. The highest BCUT2D eigenvalue weighted by Crippen LogP contribution is 2.08. The highest BCUT2D eigenvalue weighted by molar-refractivity contribution is 6.30. The maximum atomic E-state index is 11.9. The van der Waals surface area contributed by atoms with Crippen LogP contribution in [0.25, 0.3) is 0 Å². The minimum Gasteiger partial charge on any atom is -0.345 e. The Morgan fingerprint density at radius 2 is 1.79 bits per heavy atom. The Morgan fingerprint density at radius 1 is 1.17 bits per heavy atom. The molecule has 3 amide bonds. The third-order valence-electron chi connectivity index (χ3n) is 3.26. The molecule has 0 saturated carbocycles. The van der Waals surface area contributed by atoms with E-state index >= 15 is 0 Å². The molecule has 1 atom stereocenters. The second-order valence-corrected chi connectivity index (χ2v) is 6.22. The number of anilines is 1. The number of nitrogens with one attached hydrogen (secondary N) is 2. The van der Waals surface area contributed by atoms with Crippen molar-refractivity contribution in [1.82, 2.24) is 10.2 Å². The first-order valence-corrected chi connectivity index (χ1v) is 8.33. The van der Waals surface area contributed by atoms with Crippen LogP contribution in [-0.2, 0) is 14.4 Å². The van der Waals surface area contributed by atoms with Crippen molar-refractivity contribution in [3.63, 3.8) is 0 Å². The molecule has 0 heterocycles. The van der Waals surface area contributed by atoms with Gasteiger partial charge in [-0.1, -0.05) is 24.6 Å². The van der Waals surface area contributed by atoms with Gasteiger partial charge in [-0.15, -0.1) is 11.6 Å². The van der Waals surface area contributed by atoms with E-state index in [1.54, 1.807) is 19.1 Å². The summed E-state index contributed by atoms with van der Waals surface area (Å²) in [4.78, 5) is 37.1. The molecular formula is C17H24ClN3O3. The van der Waals surface area contributed by atoms with Gasteiger partial charge in [0.15, 0.2) is 0 Å². The normalized spacial score (nSPS) is 11.5. The van der Waals surface area contributed by atoms with Crippen LogP contribution in [0, 0.1) is 6.92 Å². The van der Waals surface area contributed by atoms with Gasteiger partial charge in [0.2, 0.25) is 17.7 Å². The zero-order valence-electron chi connectivity index (χ0n) is 14.3. The summed E-state index contributed by atoms with van der Waals surface area (Å²) in [6, 6.07) is 7.35. The summed E-state index contributed by atoms with van der Waals surface area (Å²) in [7, 11) is 0. The molecule has 0 saturated heterocycles. The van der Waals surface area contributed by atoms with Crippen molar-refractivity contribution >= 4 is 35.0 Å². The van der Waals surface area contributed by atoms with E-state index in [1.165, 1.54) is 4.90 Å². The van der Waals surface area contributed by atoms with Crippen LogP contribution >= 0.6 is 11.6 Å². The molecule has 0 aliphatic rings. The van der Waals surface area contributed by atoms with E-state index in [9.17, 15) is 14.4 Å². The third-order valence-corrected chi connectivity index (χ3v) is 3.45. The molecule has 1 aromatic carbocycles. The van der Waals surface area contributed by atoms with Crippen molar-refractivity contribution in [2.45, 2.75) is 32.6 Å². The SMILES string of the molecule is CCCN(CC(=O)NCC(=O)Nc1ccc(C)cc1)C(=O)C(C)Cl. The lowest BCUT2D eigenvalue weighted by Crippen LogP contribution is -2.45. The number of benzene rings is 1. The molecule has 0 spiro atoms. The smallest absolute Gasteiger partial charge is 0.243 e. The van der Waals surface area contributed by atoms with Crippen molar-refractivity contribution < 1.29 is 14.4 Å². The zero-order valence-corrected chi connectivity index (χ0v) is 15.0. The van der Waals surface area contributed by atoms with Crippen LogP contribution in [0.3, 0.4) is 0 Å². The second-order valence-electron chi connectivity index (χ2n) is 5.57. The van der Waals surface area contributed by atoms with Gasteiger partial charge in [0, 0.05) is 12.2 Å². The van der Waals surface area contributed by atoms with E-state index in [-0.39, 0.29) is 24.9 Å². The van der Waals surface area contributed by atoms with Crippen LogP contribution in [0.4, 0.5) is 5.69 Å². The van der Waals surface area contributed by atoms with E-state index < -0.39 is 11.3 Å². The van der Waals surface area contributed by atoms with Crippen LogP contribution < -0.4 is 10.6 Å². The first-order valence-electron chi connectivity index (χ1n) is 7.89. The molecule has 24 heavy (non-hydrogen) atoms. The van der Waals surface area contributed by atoms with Crippen molar-refractivity contribution in [3.8, 4) is 0 Å². The lowest BCUT2D eigenvalue weighted by atomic mass is 10.2. The number of hydrogen-bond acceptors (Lipinski definition) is 3. The minimum absolute atomic E-state index is 0.110. The van der Waals surface area contributed by atoms with Gasteiger partial charge < -0.3 is 15.5 Å². The van der Waals surface area contributed by atoms with Crippen molar-refractivity contribution in [3.05, 3.63) is 29.8 Å². The maximum Gasteiger partial charge on any atom is 0.243 e. The van der Waals surface area contributed by atoms with Crippen LogP contribution in [0.2, 0.25) is 0 Å². The van der Waals surface area contributed by atoms with Crippen LogP contribution in [0.5, 0.6) is 0 Å². The molecule has 0 aliphatic carbocycles. The van der Waals surface area contributed by atoms with Gasteiger partial charge >= 0.3 is 0 Å². The molecule has 6 nitrogen and oxygen atoms in total. The van der Waals surface area contributed by atoms with Crippen LogP contribution in [-0.4, -0.2) is 47.6 Å². The number of alkyl halides is 1. The largest absolute Gasteiger partial charge is 0.345 e. The van der Waals surface area contributed by atoms with Gasteiger partial charge in [-0.25, -0.2) is 0 Å². The highest BCUT2D eigenvalue weighted by Gasteiger charge is 2.20. The summed E-state index contributed by atoms with van der Waals surface area (Å²) in [6.45, 7) is 5.61. The second kappa shape index (κ2) is 9.93. The summed E-state index contributed by atoms with van der Waals surface area (Å²) in [6.07, 6.45) is 0.719. The van der Waals surface area contributed by atoms with E-state index in [4.69, 9.17) is 11.6 Å². The van der Waals surface area contributed by atoms with Gasteiger partial charge in [-0.3, -0.25) is 14.4 Å². The molecule has 0 radical (unpaired) electrons. The molecule has 0 aliphatic heterocycles. The molecule has 0 aromatic heterocycles. The van der Waals surface area contributed by atoms with Gasteiger partial charge in [0.05, 0.1) is 13.1 Å². The topological polar surface area (TPSA) is 78.5 Å². The summed E-state index contributed by atoms with van der Waals surface area (Å²) >= 11 is 5.78. The number of amides is 3. The number of carbonyl (C=O) groups is 3. The predicted octanol–water partition coefficient (Wildman–Crippen LogP) is 1.92. The quantitative estimate of drug-likeness (QED) is 0.701. The van der Waals surface area contributed by atoms with Gasteiger partial charge in [-0.05, 0) is 32.4 Å². The van der Waals surface area contributed by atoms with E-state index in [1.807, 2.05) is 26.0 Å². The fourth-order valence-corrected chi connectivity index (χ4v) is 2.18. The van der Waals surface area contributed by atoms with Gasteiger partial charge in [0.1, 0.15) is 5.38 Å². The first kappa shape index (κ1) is 20.0. The Bertz CT molecular complexity index is 573. The van der Waals surface area contributed by atoms with E-state index in [0.29, 0.717) is 12.2 Å². The average Bonchev–Trinajstić information content (AvgIpc) is 2.54. The molecule has 1 aromatic rings. The van der Waals surface area contributed by atoms with Gasteiger partial charge in [0.25, 0.3) is 0 Å². The number of carbonyl (C=O) groups excluding carboxylic acids is 3. The number of rotatable bonds is 8. The van der Waals surface area contributed by atoms with Crippen molar-refractivity contribution in [1.29, 1.82) is 0 Å². The maximum absolute atomic E-state index is 11.9. The lowest BCUT2D eigenvalue weighted by molar-refractivity contribution is -0.135. The summed E-state index contributed by atoms with van der Waals surface area (Å²) < 4.78 is 0. The van der Waals surface area contributed by atoms with Crippen LogP contribution in [0.1, 0.15) is 25.8 Å². The number of nitrogens with zero attached hydrogens (tertiary/aromatic N) is 1. The Hall–Kier alpha value is -2.08. The molecule has 132 valence electrons. The summed E-state index contributed by atoms with van der Waals surface area (Å²) in [5.41, 5.74) is 1.76. The first-order chi connectivity index (χ1) is 11.3. The molecule has 2 N–H and O–H groups in total. The standard InChI is InChI=1S/C17H24ClN3O3/c1-4-9-21(17(24)13(3)18)11-16(23)19-10-15(22)20-14-7-5-12(2)6-8-14/h5-8,13H,4,9-11H2,1-3H3,(H,19,23)(H,20,22).